The lowest BCUT2D eigenvalue weighted by Crippen LogP contribution is -2.47. The zero-order chi connectivity index (χ0) is 15.8. The molecule has 2 heterocycles. The molecule has 0 radical (unpaired) electrons. The van der Waals surface area contributed by atoms with Gasteiger partial charge in [-0.3, -0.25) is 4.79 Å². The molecule has 120 valence electrons. The minimum absolute atomic E-state index is 0.103. The normalized spacial score (nSPS) is 23.9. The van der Waals surface area contributed by atoms with Gasteiger partial charge in [0.1, 0.15) is 6.04 Å². The molecule has 23 heavy (non-hydrogen) atoms. The summed E-state index contributed by atoms with van der Waals surface area (Å²) in [5.74, 6) is 0.103. The van der Waals surface area contributed by atoms with Gasteiger partial charge in [0.25, 0.3) is 0 Å². The van der Waals surface area contributed by atoms with Crippen LogP contribution >= 0.6 is 11.3 Å². The van der Waals surface area contributed by atoms with Crippen LogP contribution in [0.3, 0.4) is 0 Å². The monoisotopic (exact) mass is 327 g/mol. The molecule has 4 nitrogen and oxygen atoms in total. The second-order valence-electron chi connectivity index (χ2n) is 6.46. The van der Waals surface area contributed by atoms with Crippen molar-refractivity contribution in [2.75, 3.05) is 0 Å². The van der Waals surface area contributed by atoms with Gasteiger partial charge in [-0.25, -0.2) is 10.9 Å². The number of hydrogen-bond acceptors (Lipinski definition) is 4. The maximum Gasteiger partial charge on any atom is 0.238 e. The molecule has 1 saturated heterocycles. The summed E-state index contributed by atoms with van der Waals surface area (Å²) in [6.45, 7) is 2.11. The number of carbonyl (C=O) groups is 1. The van der Waals surface area contributed by atoms with Crippen LogP contribution in [0, 0.1) is 6.92 Å². The summed E-state index contributed by atoms with van der Waals surface area (Å²) in [7, 11) is 0. The van der Waals surface area contributed by atoms with Crippen molar-refractivity contribution in [3.63, 3.8) is 0 Å². The quantitative estimate of drug-likeness (QED) is 0.810. The Balaban J connectivity index is 1.34. The van der Waals surface area contributed by atoms with Crippen molar-refractivity contribution >= 4 is 17.2 Å². The van der Waals surface area contributed by atoms with Crippen molar-refractivity contribution in [2.24, 2.45) is 0 Å². The molecule has 1 aromatic carbocycles. The first-order chi connectivity index (χ1) is 11.2. The highest BCUT2D eigenvalue weighted by atomic mass is 32.1. The first-order valence-corrected chi connectivity index (χ1v) is 8.95. The molecule has 5 heteroatoms. The zero-order valence-corrected chi connectivity index (χ0v) is 14.0. The Hall–Kier alpha value is -1.69. The third-order valence-electron chi connectivity index (χ3n) is 4.72. The van der Waals surface area contributed by atoms with Crippen LogP contribution in [0.1, 0.15) is 33.3 Å². The lowest BCUT2D eigenvalue weighted by molar-refractivity contribution is -0.123. The molecule has 3 N–H and O–H groups in total. The number of amides is 1. The topological polar surface area (TPSA) is 53.2 Å². The van der Waals surface area contributed by atoms with Crippen molar-refractivity contribution in [3.8, 4) is 0 Å². The minimum Gasteiger partial charge on any atom is -0.351 e. The number of fused-ring (bicyclic) bond motifs is 1. The summed E-state index contributed by atoms with van der Waals surface area (Å²) in [6.07, 6.45) is 2.68. The first-order valence-electron chi connectivity index (χ1n) is 8.13. The molecular formula is C18H21N3OS. The predicted molar refractivity (Wildman–Crippen MR) is 92.3 cm³/mol. The lowest BCUT2D eigenvalue weighted by Gasteiger charge is -2.15. The molecule has 2 aliphatic rings. The molecule has 1 aliphatic carbocycles. The van der Waals surface area contributed by atoms with Gasteiger partial charge < -0.3 is 5.32 Å². The van der Waals surface area contributed by atoms with Crippen LogP contribution in [-0.4, -0.2) is 18.0 Å². The van der Waals surface area contributed by atoms with Crippen LogP contribution in [0.2, 0.25) is 0 Å². The van der Waals surface area contributed by atoms with Crippen LogP contribution in [0.15, 0.2) is 36.4 Å². The van der Waals surface area contributed by atoms with Crippen LogP contribution in [0.4, 0.5) is 0 Å². The van der Waals surface area contributed by atoms with E-state index in [1.165, 1.54) is 20.9 Å². The third kappa shape index (κ3) is 3.04. The van der Waals surface area contributed by atoms with Gasteiger partial charge in [-0.1, -0.05) is 24.3 Å². The summed E-state index contributed by atoms with van der Waals surface area (Å²) in [5.41, 5.74) is 9.14. The van der Waals surface area contributed by atoms with Gasteiger partial charge >= 0.3 is 0 Å². The van der Waals surface area contributed by atoms with E-state index in [9.17, 15) is 4.79 Å². The number of aryl methyl sites for hydroxylation is 1. The molecule has 0 bridgehead atoms. The Morgan fingerprint density at radius 2 is 1.87 bits per heavy atom. The number of carbonyl (C=O) groups excluding carboxylic acids is 1. The molecule has 1 fully saturated rings. The SMILES string of the molecule is Cc1ccc(C2CC(C(=O)NC3Cc4ccccc4C3)NN2)s1. The van der Waals surface area contributed by atoms with Gasteiger partial charge in [-0.2, -0.15) is 0 Å². The van der Waals surface area contributed by atoms with Crippen molar-refractivity contribution in [2.45, 2.75) is 44.3 Å². The molecule has 1 aromatic heterocycles. The Labute approximate surface area is 140 Å². The van der Waals surface area contributed by atoms with Crippen molar-refractivity contribution in [1.29, 1.82) is 0 Å². The average Bonchev–Trinajstić information content (AvgIpc) is 3.24. The van der Waals surface area contributed by atoms with Gasteiger partial charge in [0, 0.05) is 15.8 Å². The molecule has 2 atom stereocenters. The van der Waals surface area contributed by atoms with Gasteiger partial charge in [0.05, 0.1) is 6.04 Å². The summed E-state index contributed by atoms with van der Waals surface area (Å²) < 4.78 is 0. The molecule has 4 rings (SSSR count). The second kappa shape index (κ2) is 6.07. The Morgan fingerprint density at radius 1 is 1.13 bits per heavy atom. The zero-order valence-electron chi connectivity index (χ0n) is 13.1. The maximum atomic E-state index is 12.5. The second-order valence-corrected chi connectivity index (χ2v) is 7.78. The number of hydrazine groups is 1. The Bertz CT molecular complexity index is 702. The Morgan fingerprint density at radius 3 is 2.52 bits per heavy atom. The number of thiophene rings is 1. The van der Waals surface area contributed by atoms with E-state index in [2.05, 4.69) is 59.5 Å². The first kappa shape index (κ1) is 14.9. The van der Waals surface area contributed by atoms with Crippen molar-refractivity contribution in [3.05, 3.63) is 57.3 Å². The van der Waals surface area contributed by atoms with Gasteiger partial charge in [-0.15, -0.1) is 11.3 Å². The summed E-state index contributed by atoms with van der Waals surface area (Å²) in [5, 5.41) is 3.21. The fourth-order valence-corrected chi connectivity index (χ4v) is 4.46. The van der Waals surface area contributed by atoms with Crippen LogP contribution in [0.5, 0.6) is 0 Å². The highest BCUT2D eigenvalue weighted by Crippen LogP contribution is 2.28. The van der Waals surface area contributed by atoms with E-state index in [0.29, 0.717) is 0 Å². The highest BCUT2D eigenvalue weighted by molar-refractivity contribution is 7.12. The molecule has 0 saturated carbocycles. The van der Waals surface area contributed by atoms with E-state index in [1.807, 2.05) is 0 Å². The van der Waals surface area contributed by atoms with Crippen molar-refractivity contribution in [1.82, 2.24) is 16.2 Å². The van der Waals surface area contributed by atoms with Crippen molar-refractivity contribution < 1.29 is 4.79 Å². The standard InChI is InChI=1S/C18H21N3OS/c1-11-6-7-17(23-11)15-10-16(21-20-15)18(22)19-14-8-12-4-2-3-5-13(12)9-14/h2-7,14-16,20-21H,8-10H2,1H3,(H,19,22). The largest absolute Gasteiger partial charge is 0.351 e. The minimum atomic E-state index is -0.161. The van der Waals surface area contributed by atoms with Gasteiger partial charge in [0.15, 0.2) is 0 Å². The number of rotatable bonds is 3. The molecular weight excluding hydrogens is 306 g/mol. The van der Waals surface area contributed by atoms with E-state index in [0.717, 1.165) is 19.3 Å². The van der Waals surface area contributed by atoms with Gasteiger partial charge in [-0.05, 0) is 49.4 Å². The smallest absolute Gasteiger partial charge is 0.238 e. The lowest BCUT2D eigenvalue weighted by atomic mass is 10.1. The summed E-state index contributed by atoms with van der Waals surface area (Å²) in [6, 6.07) is 13.0. The van der Waals surface area contributed by atoms with E-state index in [4.69, 9.17) is 0 Å². The fraction of sp³-hybridized carbons (Fsp3) is 0.389. The van der Waals surface area contributed by atoms with E-state index < -0.39 is 0 Å². The van der Waals surface area contributed by atoms with E-state index >= 15 is 0 Å². The molecule has 2 unspecified atom stereocenters. The highest BCUT2D eigenvalue weighted by Gasteiger charge is 2.32. The Kier molecular flexibility index (Phi) is 3.93. The molecule has 1 aliphatic heterocycles. The van der Waals surface area contributed by atoms with Gasteiger partial charge in [0.2, 0.25) is 5.91 Å². The number of nitrogens with one attached hydrogen (secondary N) is 3. The maximum absolute atomic E-state index is 12.5. The summed E-state index contributed by atoms with van der Waals surface area (Å²) >= 11 is 1.79. The third-order valence-corrected chi connectivity index (χ3v) is 5.84. The van der Waals surface area contributed by atoms with Crippen LogP contribution in [0.25, 0.3) is 0 Å². The molecule has 1 amide bonds. The summed E-state index contributed by atoms with van der Waals surface area (Å²) in [4.78, 5) is 15.1. The molecule has 2 aromatic rings. The number of benzene rings is 1. The number of hydrogen-bond donors (Lipinski definition) is 3. The van der Waals surface area contributed by atoms with Crippen LogP contribution < -0.4 is 16.2 Å². The molecule has 0 spiro atoms. The predicted octanol–water partition coefficient (Wildman–Crippen LogP) is 2.25. The van der Waals surface area contributed by atoms with E-state index in [1.54, 1.807) is 11.3 Å². The van der Waals surface area contributed by atoms with Crippen LogP contribution in [-0.2, 0) is 17.6 Å². The fourth-order valence-electron chi connectivity index (χ4n) is 3.52. The van der Waals surface area contributed by atoms with E-state index in [-0.39, 0.29) is 24.0 Å². The average molecular weight is 327 g/mol.